The summed E-state index contributed by atoms with van der Waals surface area (Å²) >= 11 is 0. The molecule has 0 saturated heterocycles. The Morgan fingerprint density at radius 1 is 1.23 bits per heavy atom. The van der Waals surface area contributed by atoms with Crippen LogP contribution < -0.4 is 0 Å². The lowest BCUT2D eigenvalue weighted by molar-refractivity contribution is -0.120. The van der Waals surface area contributed by atoms with Crippen LogP contribution in [0.2, 0.25) is 0 Å². The highest BCUT2D eigenvalue weighted by Crippen LogP contribution is 2.27. The molecule has 0 N–H and O–H groups in total. The van der Waals surface area contributed by atoms with Gasteiger partial charge >= 0.3 is 0 Å². The molecule has 0 atom stereocenters. The number of hydrogen-bond donors (Lipinski definition) is 0. The fraction of sp³-hybridized carbons (Fsp3) is 0.750. The molecule has 1 heteroatoms. The van der Waals surface area contributed by atoms with Crippen LogP contribution in [0.1, 0.15) is 46.0 Å². The third kappa shape index (κ3) is 2.68. The van der Waals surface area contributed by atoms with Gasteiger partial charge in [-0.15, -0.1) is 0 Å². The SMILES string of the molecule is C=C(C(=O)C1CCCCC1)C(C)C. The van der Waals surface area contributed by atoms with E-state index in [0.29, 0.717) is 17.6 Å². The minimum atomic E-state index is 0.295. The van der Waals surface area contributed by atoms with Crippen molar-refractivity contribution in [2.24, 2.45) is 11.8 Å². The van der Waals surface area contributed by atoms with Crippen LogP contribution in [0.3, 0.4) is 0 Å². The summed E-state index contributed by atoms with van der Waals surface area (Å²) in [7, 11) is 0. The highest BCUT2D eigenvalue weighted by Gasteiger charge is 2.23. The van der Waals surface area contributed by atoms with E-state index in [1.54, 1.807) is 0 Å². The molecule has 0 heterocycles. The van der Waals surface area contributed by atoms with Gasteiger partial charge in [-0.1, -0.05) is 39.7 Å². The van der Waals surface area contributed by atoms with Crippen LogP contribution in [0, 0.1) is 11.8 Å². The van der Waals surface area contributed by atoms with Crippen molar-refractivity contribution in [3.05, 3.63) is 12.2 Å². The van der Waals surface area contributed by atoms with Gasteiger partial charge in [-0.3, -0.25) is 4.79 Å². The van der Waals surface area contributed by atoms with Gasteiger partial charge in [-0.05, 0) is 24.3 Å². The third-order valence-electron chi connectivity index (χ3n) is 2.99. The minimum Gasteiger partial charge on any atom is -0.294 e. The summed E-state index contributed by atoms with van der Waals surface area (Å²) in [6.45, 7) is 7.97. The molecule has 1 aliphatic rings. The summed E-state index contributed by atoms with van der Waals surface area (Å²) in [5, 5.41) is 0. The van der Waals surface area contributed by atoms with Crippen LogP contribution in [0.4, 0.5) is 0 Å². The van der Waals surface area contributed by atoms with E-state index in [2.05, 4.69) is 6.58 Å². The number of carbonyl (C=O) groups excluding carboxylic acids is 1. The van der Waals surface area contributed by atoms with Crippen LogP contribution in [0.5, 0.6) is 0 Å². The van der Waals surface area contributed by atoms with Crippen molar-refractivity contribution in [2.45, 2.75) is 46.0 Å². The first kappa shape index (κ1) is 10.5. The van der Waals surface area contributed by atoms with E-state index in [-0.39, 0.29) is 0 Å². The van der Waals surface area contributed by atoms with Gasteiger partial charge in [-0.25, -0.2) is 0 Å². The van der Waals surface area contributed by atoms with Gasteiger partial charge < -0.3 is 0 Å². The van der Waals surface area contributed by atoms with Gasteiger partial charge in [-0.2, -0.15) is 0 Å². The van der Waals surface area contributed by atoms with Crippen LogP contribution in [0.15, 0.2) is 12.2 Å². The number of Topliss-reactive ketones (excluding diaryl/α,β-unsaturated/α-hetero) is 1. The first-order chi connectivity index (χ1) is 6.13. The zero-order valence-corrected chi connectivity index (χ0v) is 8.81. The fourth-order valence-corrected chi connectivity index (χ4v) is 1.91. The van der Waals surface area contributed by atoms with E-state index < -0.39 is 0 Å². The minimum absolute atomic E-state index is 0.295. The molecule has 0 bridgehead atoms. The molecule has 0 unspecified atom stereocenters. The predicted octanol–water partition coefficient (Wildman–Crippen LogP) is 3.35. The van der Waals surface area contributed by atoms with Crippen LogP contribution in [-0.4, -0.2) is 5.78 Å². The van der Waals surface area contributed by atoms with Gasteiger partial charge in [0.2, 0.25) is 0 Å². The Bertz CT molecular complexity index is 197. The van der Waals surface area contributed by atoms with E-state index >= 15 is 0 Å². The van der Waals surface area contributed by atoms with E-state index in [1.165, 1.54) is 19.3 Å². The highest BCUT2D eigenvalue weighted by molar-refractivity contribution is 5.96. The highest BCUT2D eigenvalue weighted by atomic mass is 16.1. The number of hydrogen-bond acceptors (Lipinski definition) is 1. The van der Waals surface area contributed by atoms with E-state index in [9.17, 15) is 4.79 Å². The van der Waals surface area contributed by atoms with Crippen molar-refractivity contribution in [1.29, 1.82) is 0 Å². The standard InChI is InChI=1S/C12H20O/c1-9(2)10(3)12(13)11-7-5-4-6-8-11/h9,11H,3-8H2,1-2H3. The van der Waals surface area contributed by atoms with Gasteiger partial charge in [0.1, 0.15) is 0 Å². The first-order valence-corrected chi connectivity index (χ1v) is 5.36. The summed E-state index contributed by atoms with van der Waals surface area (Å²) in [5.41, 5.74) is 0.826. The van der Waals surface area contributed by atoms with Crippen molar-refractivity contribution >= 4 is 5.78 Å². The lowest BCUT2D eigenvalue weighted by Crippen LogP contribution is -2.21. The normalized spacial score (nSPS) is 19.0. The summed E-state index contributed by atoms with van der Waals surface area (Å²) in [6, 6.07) is 0. The number of rotatable bonds is 3. The Hall–Kier alpha value is -0.590. The molecule has 0 radical (unpaired) electrons. The molecule has 13 heavy (non-hydrogen) atoms. The van der Waals surface area contributed by atoms with Gasteiger partial charge in [0.05, 0.1) is 0 Å². The summed E-state index contributed by atoms with van der Waals surface area (Å²) in [4.78, 5) is 11.8. The summed E-state index contributed by atoms with van der Waals surface area (Å²) < 4.78 is 0. The van der Waals surface area contributed by atoms with Gasteiger partial charge in [0.25, 0.3) is 0 Å². The maximum atomic E-state index is 11.8. The van der Waals surface area contributed by atoms with Crippen LogP contribution >= 0.6 is 0 Å². The van der Waals surface area contributed by atoms with E-state index in [1.807, 2.05) is 13.8 Å². The fourth-order valence-electron chi connectivity index (χ4n) is 1.91. The average Bonchev–Trinajstić information content (AvgIpc) is 2.17. The molecule has 0 spiro atoms. The molecule has 0 aromatic carbocycles. The maximum absolute atomic E-state index is 11.8. The molecule has 1 aliphatic carbocycles. The Balaban J connectivity index is 2.50. The van der Waals surface area contributed by atoms with Crippen LogP contribution in [0.25, 0.3) is 0 Å². The monoisotopic (exact) mass is 180 g/mol. The molecule has 74 valence electrons. The van der Waals surface area contributed by atoms with Crippen molar-refractivity contribution in [1.82, 2.24) is 0 Å². The summed E-state index contributed by atoms with van der Waals surface area (Å²) in [6.07, 6.45) is 5.93. The zero-order valence-electron chi connectivity index (χ0n) is 8.81. The Kier molecular flexibility index (Phi) is 3.71. The quantitative estimate of drug-likeness (QED) is 0.609. The van der Waals surface area contributed by atoms with E-state index in [0.717, 1.165) is 18.4 Å². The molecule has 0 aliphatic heterocycles. The molecule has 1 nitrogen and oxygen atoms in total. The Morgan fingerprint density at radius 2 is 1.77 bits per heavy atom. The largest absolute Gasteiger partial charge is 0.294 e. The maximum Gasteiger partial charge on any atom is 0.161 e. The molecular formula is C12H20O. The predicted molar refractivity (Wildman–Crippen MR) is 55.6 cm³/mol. The second-order valence-electron chi connectivity index (χ2n) is 4.38. The van der Waals surface area contributed by atoms with Gasteiger partial charge in [0.15, 0.2) is 5.78 Å². The number of carbonyl (C=O) groups is 1. The van der Waals surface area contributed by atoms with Crippen molar-refractivity contribution < 1.29 is 4.79 Å². The second kappa shape index (κ2) is 4.59. The van der Waals surface area contributed by atoms with Crippen molar-refractivity contribution in [2.75, 3.05) is 0 Å². The first-order valence-electron chi connectivity index (χ1n) is 5.36. The lowest BCUT2D eigenvalue weighted by atomic mass is 9.82. The molecule has 1 saturated carbocycles. The smallest absolute Gasteiger partial charge is 0.161 e. The Morgan fingerprint density at radius 3 is 2.23 bits per heavy atom. The topological polar surface area (TPSA) is 17.1 Å². The third-order valence-corrected chi connectivity index (χ3v) is 2.99. The molecule has 0 amide bonds. The molecule has 1 fully saturated rings. The van der Waals surface area contributed by atoms with Crippen molar-refractivity contribution in [3.63, 3.8) is 0 Å². The molecule has 0 aromatic heterocycles. The molecular weight excluding hydrogens is 160 g/mol. The van der Waals surface area contributed by atoms with E-state index in [4.69, 9.17) is 0 Å². The number of ketones is 1. The average molecular weight is 180 g/mol. The van der Waals surface area contributed by atoms with Crippen molar-refractivity contribution in [3.8, 4) is 0 Å². The molecule has 1 rings (SSSR count). The lowest BCUT2D eigenvalue weighted by Gasteiger charge is -2.22. The molecule has 0 aromatic rings. The number of allylic oxidation sites excluding steroid dienone is 1. The Labute approximate surface area is 81.2 Å². The summed E-state index contributed by atoms with van der Waals surface area (Å²) in [5.74, 6) is 0.938. The van der Waals surface area contributed by atoms with Crippen LogP contribution in [-0.2, 0) is 4.79 Å². The van der Waals surface area contributed by atoms with Gasteiger partial charge in [0, 0.05) is 5.92 Å². The second-order valence-corrected chi connectivity index (χ2v) is 4.38. The zero-order chi connectivity index (χ0) is 9.84.